The number of methoxy groups -OCH3 is 1. The van der Waals surface area contributed by atoms with Gasteiger partial charge in [-0.25, -0.2) is 4.79 Å². The van der Waals surface area contributed by atoms with Crippen molar-refractivity contribution in [2.75, 3.05) is 13.7 Å². The number of allylic oxidation sites excluding steroid dienone is 3. The summed E-state index contributed by atoms with van der Waals surface area (Å²) in [7, 11) is 1.40. The highest BCUT2D eigenvalue weighted by molar-refractivity contribution is 5.90. The van der Waals surface area contributed by atoms with E-state index in [0.717, 1.165) is 12.8 Å². The zero-order valence-corrected chi connectivity index (χ0v) is 17.0. The van der Waals surface area contributed by atoms with Gasteiger partial charge in [-0.15, -0.1) is 0 Å². The Morgan fingerprint density at radius 2 is 1.86 bits per heavy atom. The van der Waals surface area contributed by atoms with Crippen molar-refractivity contribution >= 4 is 16.9 Å². The Morgan fingerprint density at radius 3 is 2.50 bits per heavy atom. The number of para-hydroxylation sites is 1. The van der Waals surface area contributed by atoms with Gasteiger partial charge in [-0.05, 0) is 51.8 Å². The van der Waals surface area contributed by atoms with Crippen molar-refractivity contribution in [1.82, 2.24) is 0 Å². The van der Waals surface area contributed by atoms with Gasteiger partial charge in [-0.2, -0.15) is 0 Å². The zero-order valence-electron chi connectivity index (χ0n) is 17.0. The second kappa shape index (κ2) is 9.78. The van der Waals surface area contributed by atoms with Gasteiger partial charge >= 0.3 is 11.6 Å². The summed E-state index contributed by atoms with van der Waals surface area (Å²) in [5.41, 5.74) is 1.96. The molecule has 2 rings (SSSR count). The quantitative estimate of drug-likeness (QED) is 0.369. The van der Waals surface area contributed by atoms with Crippen molar-refractivity contribution in [1.29, 1.82) is 0 Å². The van der Waals surface area contributed by atoms with Gasteiger partial charge in [-0.3, -0.25) is 4.79 Å². The van der Waals surface area contributed by atoms with E-state index in [2.05, 4.69) is 26.8 Å². The Labute approximate surface area is 164 Å². The van der Waals surface area contributed by atoms with Gasteiger partial charge < -0.3 is 18.6 Å². The van der Waals surface area contributed by atoms with Crippen LogP contribution in [0.1, 0.15) is 40.5 Å². The van der Waals surface area contributed by atoms with Crippen molar-refractivity contribution < 1.29 is 23.4 Å². The molecule has 6 nitrogen and oxygen atoms in total. The molecule has 0 saturated carbocycles. The number of fused-ring (bicyclic) bond motifs is 1. The first-order chi connectivity index (χ1) is 13.3. The summed E-state index contributed by atoms with van der Waals surface area (Å²) >= 11 is 0. The lowest BCUT2D eigenvalue weighted by Crippen LogP contribution is -2.13. The minimum absolute atomic E-state index is 0.139. The number of rotatable bonds is 8. The monoisotopic (exact) mass is 386 g/mol. The number of carbonyl (C=O) groups is 1. The smallest absolute Gasteiger partial charge is 0.383 e. The van der Waals surface area contributed by atoms with E-state index in [4.69, 9.17) is 18.6 Å². The topological polar surface area (TPSA) is 75.0 Å². The minimum atomic E-state index is -0.802. The number of hydrogen-bond acceptors (Lipinski definition) is 6. The SMILES string of the molecule is COc1c(OC(C)=O)c(=O)oc2c(OC/C=C(\C)CCC=C(C)C)cccc12. The molecule has 1 aromatic carbocycles. The molecule has 0 amide bonds. The average molecular weight is 386 g/mol. The van der Waals surface area contributed by atoms with Gasteiger partial charge in [0.15, 0.2) is 17.1 Å². The van der Waals surface area contributed by atoms with Crippen LogP contribution in [0, 0.1) is 0 Å². The predicted octanol–water partition coefficient (Wildman–Crippen LogP) is 4.80. The maximum Gasteiger partial charge on any atom is 0.383 e. The van der Waals surface area contributed by atoms with E-state index < -0.39 is 11.6 Å². The largest absolute Gasteiger partial charge is 0.492 e. The number of ether oxygens (including phenoxy) is 3. The summed E-state index contributed by atoms with van der Waals surface area (Å²) in [5, 5.41) is 0.486. The molecule has 0 atom stereocenters. The molecule has 28 heavy (non-hydrogen) atoms. The minimum Gasteiger partial charge on any atom is -0.492 e. The third kappa shape index (κ3) is 5.49. The highest BCUT2D eigenvalue weighted by Crippen LogP contribution is 2.36. The number of esters is 1. The van der Waals surface area contributed by atoms with Gasteiger partial charge in [0.2, 0.25) is 0 Å². The molecule has 0 radical (unpaired) electrons. The molecule has 0 spiro atoms. The van der Waals surface area contributed by atoms with Crippen molar-refractivity contribution in [3.8, 4) is 17.2 Å². The fourth-order valence-electron chi connectivity index (χ4n) is 2.67. The Kier molecular flexibility index (Phi) is 7.44. The second-order valence-electron chi connectivity index (χ2n) is 6.66. The summed E-state index contributed by atoms with van der Waals surface area (Å²) in [5.74, 6) is -0.350. The van der Waals surface area contributed by atoms with Crippen molar-refractivity contribution in [2.24, 2.45) is 0 Å². The van der Waals surface area contributed by atoms with E-state index in [0.29, 0.717) is 17.7 Å². The maximum absolute atomic E-state index is 12.3. The number of carbonyl (C=O) groups excluding carboxylic acids is 1. The molecule has 150 valence electrons. The summed E-state index contributed by atoms with van der Waals surface area (Å²) in [6, 6.07) is 5.17. The highest BCUT2D eigenvalue weighted by Gasteiger charge is 2.20. The van der Waals surface area contributed by atoms with Crippen LogP contribution in [-0.2, 0) is 4.79 Å². The van der Waals surface area contributed by atoms with E-state index in [1.54, 1.807) is 18.2 Å². The summed E-state index contributed by atoms with van der Waals surface area (Å²) in [4.78, 5) is 23.5. The molecule has 0 unspecified atom stereocenters. The van der Waals surface area contributed by atoms with Crippen LogP contribution in [0.4, 0.5) is 0 Å². The predicted molar refractivity (Wildman–Crippen MR) is 108 cm³/mol. The molecular formula is C22H26O6. The Morgan fingerprint density at radius 1 is 1.11 bits per heavy atom. The zero-order chi connectivity index (χ0) is 20.7. The lowest BCUT2D eigenvalue weighted by Gasteiger charge is -2.12. The van der Waals surface area contributed by atoms with Crippen LogP contribution >= 0.6 is 0 Å². The molecule has 0 aliphatic rings. The first-order valence-electron chi connectivity index (χ1n) is 9.07. The van der Waals surface area contributed by atoms with Crippen molar-refractivity contribution in [3.63, 3.8) is 0 Å². The van der Waals surface area contributed by atoms with E-state index >= 15 is 0 Å². The molecule has 0 saturated heterocycles. The summed E-state index contributed by atoms with van der Waals surface area (Å²) < 4.78 is 21.4. The summed E-state index contributed by atoms with van der Waals surface area (Å²) in [6.07, 6.45) is 6.15. The molecule has 1 heterocycles. The van der Waals surface area contributed by atoms with Gasteiger partial charge in [0.25, 0.3) is 5.75 Å². The first-order valence-corrected chi connectivity index (χ1v) is 9.07. The average Bonchev–Trinajstić information content (AvgIpc) is 2.62. The molecule has 0 aliphatic heterocycles. The highest BCUT2D eigenvalue weighted by atomic mass is 16.6. The van der Waals surface area contributed by atoms with E-state index in [1.165, 1.54) is 25.2 Å². The van der Waals surface area contributed by atoms with E-state index in [9.17, 15) is 9.59 Å². The standard InChI is InChI=1S/C22H26O6/c1-14(2)8-6-9-15(3)12-13-26-18-11-7-10-17-19(18)28-22(24)21(20(17)25-5)27-16(4)23/h7-8,10-12H,6,9,13H2,1-5H3/b15-12+. The van der Waals surface area contributed by atoms with Gasteiger partial charge in [0.05, 0.1) is 12.5 Å². The lowest BCUT2D eigenvalue weighted by atomic mass is 10.1. The Bertz CT molecular complexity index is 961. The van der Waals surface area contributed by atoms with Gasteiger partial charge in [-0.1, -0.05) is 23.3 Å². The molecule has 0 N–H and O–H groups in total. The van der Waals surface area contributed by atoms with E-state index in [1.807, 2.05) is 6.08 Å². The third-order valence-electron chi connectivity index (χ3n) is 4.02. The van der Waals surface area contributed by atoms with Crippen LogP contribution in [0.25, 0.3) is 11.0 Å². The van der Waals surface area contributed by atoms with Crippen LogP contribution < -0.4 is 19.8 Å². The normalized spacial score (nSPS) is 11.2. The second-order valence-corrected chi connectivity index (χ2v) is 6.66. The van der Waals surface area contributed by atoms with Crippen molar-refractivity contribution in [2.45, 2.75) is 40.5 Å². The third-order valence-corrected chi connectivity index (χ3v) is 4.02. The molecule has 0 aliphatic carbocycles. The van der Waals surface area contributed by atoms with Crippen LogP contribution in [0.15, 0.2) is 50.7 Å². The van der Waals surface area contributed by atoms with Gasteiger partial charge in [0, 0.05) is 6.92 Å². The van der Waals surface area contributed by atoms with Crippen molar-refractivity contribution in [3.05, 3.63) is 51.9 Å². The van der Waals surface area contributed by atoms with Crippen LogP contribution in [0.5, 0.6) is 17.2 Å². The Hall–Kier alpha value is -3.02. The number of hydrogen-bond donors (Lipinski definition) is 0. The molecule has 2 aromatic rings. The summed E-state index contributed by atoms with van der Waals surface area (Å²) in [6.45, 7) is 7.77. The maximum atomic E-state index is 12.3. The molecule has 6 heteroatoms. The Balaban J connectivity index is 2.27. The fourth-order valence-corrected chi connectivity index (χ4v) is 2.67. The number of benzene rings is 1. The molecule has 0 bridgehead atoms. The first kappa shape index (κ1) is 21.3. The molecule has 1 aromatic heterocycles. The van der Waals surface area contributed by atoms with Crippen LogP contribution in [0.2, 0.25) is 0 Å². The molecular weight excluding hydrogens is 360 g/mol. The molecule has 0 fully saturated rings. The van der Waals surface area contributed by atoms with Crippen LogP contribution in [-0.4, -0.2) is 19.7 Å². The van der Waals surface area contributed by atoms with Crippen LogP contribution in [0.3, 0.4) is 0 Å². The van der Waals surface area contributed by atoms with Gasteiger partial charge in [0.1, 0.15) is 6.61 Å². The lowest BCUT2D eigenvalue weighted by molar-refractivity contribution is -0.132. The fraction of sp³-hybridized carbons (Fsp3) is 0.364. The van der Waals surface area contributed by atoms with E-state index in [-0.39, 0.29) is 17.1 Å².